The molecule has 0 aliphatic heterocycles. The number of hydrogen-bond acceptors (Lipinski definition) is 3. The molecule has 23 heavy (non-hydrogen) atoms. The molecule has 0 fully saturated rings. The summed E-state index contributed by atoms with van der Waals surface area (Å²) >= 11 is 0. The molecule has 2 atom stereocenters. The lowest BCUT2D eigenvalue weighted by molar-refractivity contribution is -0.139. The molecule has 2 aromatic rings. The third kappa shape index (κ3) is 4.40. The molecule has 0 unspecified atom stereocenters. The van der Waals surface area contributed by atoms with Crippen molar-refractivity contribution in [2.24, 2.45) is 0 Å². The van der Waals surface area contributed by atoms with Crippen LogP contribution < -0.4 is 5.32 Å². The molecule has 120 valence electrons. The molecule has 0 spiro atoms. The van der Waals surface area contributed by atoms with E-state index in [0.717, 1.165) is 5.56 Å². The Balaban J connectivity index is 2.05. The molecule has 0 bridgehead atoms. The van der Waals surface area contributed by atoms with E-state index in [0.29, 0.717) is 5.56 Å². The molecule has 5 nitrogen and oxygen atoms in total. The monoisotopic (exact) mass is 313 g/mol. The van der Waals surface area contributed by atoms with Crippen LogP contribution in [-0.4, -0.2) is 30.6 Å². The standard InChI is InChI=1S/C18H19NO4/c1-23-16(14-10-6-3-7-11-14)17(20)19-12-15(18(21)22)13-8-4-2-5-9-13/h2-11,15-16H,12H2,1H3,(H,19,20)(H,21,22)/t15-,16+/m0/s1. The number of carbonyl (C=O) groups is 2. The molecule has 0 aliphatic rings. The predicted molar refractivity (Wildman–Crippen MR) is 86.0 cm³/mol. The van der Waals surface area contributed by atoms with Gasteiger partial charge in [-0.15, -0.1) is 0 Å². The van der Waals surface area contributed by atoms with E-state index in [9.17, 15) is 14.7 Å². The molecule has 2 aromatic carbocycles. The van der Waals surface area contributed by atoms with E-state index >= 15 is 0 Å². The van der Waals surface area contributed by atoms with Crippen molar-refractivity contribution in [3.63, 3.8) is 0 Å². The van der Waals surface area contributed by atoms with Gasteiger partial charge in [0.1, 0.15) is 0 Å². The summed E-state index contributed by atoms with van der Waals surface area (Å²) in [6, 6.07) is 17.9. The number of carboxylic acids is 1. The van der Waals surface area contributed by atoms with Gasteiger partial charge < -0.3 is 15.2 Å². The fourth-order valence-electron chi connectivity index (χ4n) is 2.35. The highest BCUT2D eigenvalue weighted by molar-refractivity contribution is 5.83. The largest absolute Gasteiger partial charge is 0.481 e. The van der Waals surface area contributed by atoms with Gasteiger partial charge in [0.05, 0.1) is 5.92 Å². The zero-order valence-electron chi connectivity index (χ0n) is 12.8. The van der Waals surface area contributed by atoms with Crippen molar-refractivity contribution in [3.8, 4) is 0 Å². The van der Waals surface area contributed by atoms with Crippen LogP contribution in [-0.2, 0) is 14.3 Å². The Bertz CT molecular complexity index is 643. The van der Waals surface area contributed by atoms with Crippen molar-refractivity contribution in [1.29, 1.82) is 0 Å². The molecule has 0 heterocycles. The first-order valence-electron chi connectivity index (χ1n) is 7.26. The van der Waals surface area contributed by atoms with Crippen LogP contribution in [0.3, 0.4) is 0 Å². The zero-order valence-corrected chi connectivity index (χ0v) is 12.8. The summed E-state index contributed by atoms with van der Waals surface area (Å²) < 4.78 is 5.24. The molecule has 0 aromatic heterocycles. The maximum Gasteiger partial charge on any atom is 0.312 e. The lowest BCUT2D eigenvalue weighted by atomic mass is 9.99. The van der Waals surface area contributed by atoms with Gasteiger partial charge in [-0.05, 0) is 11.1 Å². The maximum absolute atomic E-state index is 12.3. The molecular weight excluding hydrogens is 294 g/mol. The maximum atomic E-state index is 12.3. The van der Waals surface area contributed by atoms with E-state index in [-0.39, 0.29) is 12.5 Å². The molecule has 1 amide bonds. The van der Waals surface area contributed by atoms with Gasteiger partial charge in [0.15, 0.2) is 6.10 Å². The molecule has 5 heteroatoms. The summed E-state index contributed by atoms with van der Waals surface area (Å²) in [5, 5.41) is 12.0. The minimum absolute atomic E-state index is 0.00483. The van der Waals surface area contributed by atoms with Crippen LogP contribution >= 0.6 is 0 Å². The van der Waals surface area contributed by atoms with Gasteiger partial charge >= 0.3 is 5.97 Å². The quantitative estimate of drug-likeness (QED) is 0.823. The van der Waals surface area contributed by atoms with Crippen LogP contribution in [0.5, 0.6) is 0 Å². The van der Waals surface area contributed by atoms with Gasteiger partial charge in [0, 0.05) is 13.7 Å². The topological polar surface area (TPSA) is 75.6 Å². The van der Waals surface area contributed by atoms with E-state index in [1.54, 1.807) is 36.4 Å². The van der Waals surface area contributed by atoms with E-state index in [1.807, 2.05) is 24.3 Å². The molecule has 2 rings (SSSR count). The number of carbonyl (C=O) groups excluding carboxylic acids is 1. The SMILES string of the molecule is CO[C@@H](C(=O)NC[C@H](C(=O)O)c1ccccc1)c1ccccc1. The fourth-order valence-corrected chi connectivity index (χ4v) is 2.35. The summed E-state index contributed by atoms with van der Waals surface area (Å²) in [5.41, 5.74) is 1.37. The summed E-state index contributed by atoms with van der Waals surface area (Å²) in [5.74, 6) is -2.14. The van der Waals surface area contributed by atoms with Gasteiger partial charge in [-0.2, -0.15) is 0 Å². The van der Waals surface area contributed by atoms with Crippen molar-refractivity contribution in [2.75, 3.05) is 13.7 Å². The first kappa shape index (κ1) is 16.7. The van der Waals surface area contributed by atoms with E-state index in [1.165, 1.54) is 7.11 Å². The minimum Gasteiger partial charge on any atom is -0.481 e. The number of carboxylic acid groups (broad SMARTS) is 1. The molecule has 0 aliphatic carbocycles. The van der Waals surface area contributed by atoms with Crippen molar-refractivity contribution in [2.45, 2.75) is 12.0 Å². The molecule has 2 N–H and O–H groups in total. The number of methoxy groups -OCH3 is 1. The second-order valence-corrected chi connectivity index (χ2v) is 5.07. The number of hydrogen-bond donors (Lipinski definition) is 2. The number of amides is 1. The van der Waals surface area contributed by atoms with Gasteiger partial charge in [-0.25, -0.2) is 0 Å². The van der Waals surface area contributed by atoms with E-state index in [4.69, 9.17) is 4.74 Å². The van der Waals surface area contributed by atoms with Crippen LogP contribution in [0, 0.1) is 0 Å². The van der Waals surface area contributed by atoms with Gasteiger partial charge in [-0.1, -0.05) is 60.7 Å². The number of aliphatic carboxylic acids is 1. The molecular formula is C18H19NO4. The average molecular weight is 313 g/mol. The second kappa shape index (κ2) is 8.10. The van der Waals surface area contributed by atoms with Crippen LogP contribution in [0.15, 0.2) is 60.7 Å². The Hall–Kier alpha value is -2.66. The predicted octanol–water partition coefficient (Wildman–Crippen LogP) is 2.36. The summed E-state index contributed by atoms with van der Waals surface area (Å²) in [4.78, 5) is 23.7. The third-order valence-corrected chi connectivity index (χ3v) is 3.56. The van der Waals surface area contributed by atoms with Crippen molar-refractivity contribution < 1.29 is 19.4 Å². The summed E-state index contributed by atoms with van der Waals surface area (Å²) in [7, 11) is 1.45. The number of ether oxygens (including phenoxy) is 1. The summed E-state index contributed by atoms with van der Waals surface area (Å²) in [6.45, 7) is 0.00483. The van der Waals surface area contributed by atoms with Crippen molar-refractivity contribution in [1.82, 2.24) is 5.32 Å². The molecule has 0 saturated carbocycles. The zero-order chi connectivity index (χ0) is 16.7. The second-order valence-electron chi connectivity index (χ2n) is 5.07. The Morgan fingerprint density at radius 2 is 1.52 bits per heavy atom. The van der Waals surface area contributed by atoms with Crippen LogP contribution in [0.4, 0.5) is 0 Å². The van der Waals surface area contributed by atoms with E-state index < -0.39 is 18.0 Å². The lowest BCUT2D eigenvalue weighted by Gasteiger charge is -2.18. The Morgan fingerprint density at radius 3 is 2.00 bits per heavy atom. The number of nitrogens with one attached hydrogen (secondary N) is 1. The van der Waals surface area contributed by atoms with Crippen LogP contribution in [0.1, 0.15) is 23.1 Å². The highest BCUT2D eigenvalue weighted by Crippen LogP contribution is 2.18. The first-order valence-corrected chi connectivity index (χ1v) is 7.26. The average Bonchev–Trinajstić information content (AvgIpc) is 2.57. The molecule has 0 radical (unpaired) electrons. The number of benzene rings is 2. The van der Waals surface area contributed by atoms with Crippen LogP contribution in [0.2, 0.25) is 0 Å². The Kier molecular flexibility index (Phi) is 5.88. The minimum atomic E-state index is -0.981. The van der Waals surface area contributed by atoms with Gasteiger partial charge in [0.25, 0.3) is 5.91 Å². The van der Waals surface area contributed by atoms with Crippen molar-refractivity contribution >= 4 is 11.9 Å². The van der Waals surface area contributed by atoms with E-state index in [2.05, 4.69) is 5.32 Å². The summed E-state index contributed by atoms with van der Waals surface area (Å²) in [6.07, 6.45) is -0.763. The molecule has 0 saturated heterocycles. The lowest BCUT2D eigenvalue weighted by Crippen LogP contribution is -2.35. The Labute approximate surface area is 134 Å². The van der Waals surface area contributed by atoms with Gasteiger partial charge in [0.2, 0.25) is 0 Å². The fraction of sp³-hybridized carbons (Fsp3) is 0.222. The van der Waals surface area contributed by atoms with Crippen LogP contribution in [0.25, 0.3) is 0 Å². The normalized spacial score (nSPS) is 13.1. The third-order valence-electron chi connectivity index (χ3n) is 3.56. The van der Waals surface area contributed by atoms with Crippen molar-refractivity contribution in [3.05, 3.63) is 71.8 Å². The first-order chi connectivity index (χ1) is 11.1. The Morgan fingerprint density at radius 1 is 1.00 bits per heavy atom. The van der Waals surface area contributed by atoms with Gasteiger partial charge in [-0.3, -0.25) is 9.59 Å². The highest BCUT2D eigenvalue weighted by Gasteiger charge is 2.24. The highest BCUT2D eigenvalue weighted by atomic mass is 16.5. The smallest absolute Gasteiger partial charge is 0.312 e. The number of rotatable bonds is 7.